The van der Waals surface area contributed by atoms with Gasteiger partial charge >= 0.3 is 5.97 Å². The second-order valence-corrected chi connectivity index (χ2v) is 6.21. The molecule has 1 fully saturated rings. The zero-order valence-electron chi connectivity index (χ0n) is 14.0. The van der Waals surface area contributed by atoms with E-state index >= 15 is 0 Å². The Kier molecular flexibility index (Phi) is 6.20. The van der Waals surface area contributed by atoms with Crippen molar-refractivity contribution < 1.29 is 24.5 Å². The molecule has 1 saturated heterocycles. The Bertz CT molecular complexity index is 561. The summed E-state index contributed by atoms with van der Waals surface area (Å²) in [5.41, 5.74) is -1.18. The molecule has 0 spiro atoms. The lowest BCUT2D eigenvalue weighted by Gasteiger charge is -2.35. The van der Waals surface area contributed by atoms with Crippen molar-refractivity contribution in [2.45, 2.75) is 44.6 Å². The highest BCUT2D eigenvalue weighted by Crippen LogP contribution is 2.24. The maximum Gasteiger partial charge on any atom is 0.335 e. The third-order valence-electron chi connectivity index (χ3n) is 4.39. The number of carboxylic acids is 1. The summed E-state index contributed by atoms with van der Waals surface area (Å²) in [7, 11) is 0. The molecule has 0 radical (unpaired) electrons. The molecule has 1 amide bonds. The number of ether oxygens (including phenoxy) is 1. The Morgan fingerprint density at radius 1 is 1.17 bits per heavy atom. The molecular formula is C18H25NO5. The van der Waals surface area contributed by atoms with Gasteiger partial charge in [0, 0.05) is 31.5 Å². The van der Waals surface area contributed by atoms with Gasteiger partial charge in [0.15, 0.2) is 5.60 Å². The molecule has 0 aromatic heterocycles. The van der Waals surface area contributed by atoms with Gasteiger partial charge < -0.3 is 19.8 Å². The minimum absolute atomic E-state index is 0.0483. The van der Waals surface area contributed by atoms with E-state index in [1.807, 2.05) is 0 Å². The van der Waals surface area contributed by atoms with Crippen LogP contribution in [0.15, 0.2) is 24.3 Å². The number of amides is 1. The van der Waals surface area contributed by atoms with Crippen LogP contribution in [0.4, 0.5) is 0 Å². The summed E-state index contributed by atoms with van der Waals surface area (Å²) in [5, 5.41) is 18.9. The number of carbonyl (C=O) groups is 2. The van der Waals surface area contributed by atoms with Gasteiger partial charge in [0.25, 0.3) is 5.91 Å². The number of hydrogen-bond acceptors (Lipinski definition) is 4. The summed E-state index contributed by atoms with van der Waals surface area (Å²) in [4.78, 5) is 25.0. The number of unbranched alkanes of at least 4 members (excludes halogenated alkanes) is 2. The van der Waals surface area contributed by atoms with Crippen LogP contribution in [-0.2, 0) is 4.79 Å². The summed E-state index contributed by atoms with van der Waals surface area (Å²) in [6.07, 6.45) is 3.38. The number of aliphatic hydroxyl groups is 1. The van der Waals surface area contributed by atoms with Crippen molar-refractivity contribution in [3.8, 4) is 5.75 Å². The SMILES string of the molecule is CCCCCOc1ccc(C(=O)N2CCC(O)(C(=O)O)CC2)cc1. The van der Waals surface area contributed by atoms with Crippen LogP contribution in [0.3, 0.4) is 0 Å². The highest BCUT2D eigenvalue weighted by molar-refractivity contribution is 5.94. The first-order valence-electron chi connectivity index (χ1n) is 8.44. The second-order valence-electron chi connectivity index (χ2n) is 6.21. The molecule has 1 aromatic carbocycles. The Morgan fingerprint density at radius 2 is 1.79 bits per heavy atom. The third-order valence-corrected chi connectivity index (χ3v) is 4.39. The third kappa shape index (κ3) is 4.47. The predicted octanol–water partition coefficient (Wildman–Crippen LogP) is 2.31. The molecular weight excluding hydrogens is 310 g/mol. The Hall–Kier alpha value is -2.08. The molecule has 24 heavy (non-hydrogen) atoms. The second kappa shape index (κ2) is 8.15. The van der Waals surface area contributed by atoms with Crippen LogP contribution in [0, 0.1) is 0 Å². The molecule has 6 nitrogen and oxygen atoms in total. The van der Waals surface area contributed by atoms with Crippen LogP contribution in [0.5, 0.6) is 5.75 Å². The van der Waals surface area contributed by atoms with E-state index in [2.05, 4.69) is 6.92 Å². The van der Waals surface area contributed by atoms with Crippen LogP contribution in [0.2, 0.25) is 0 Å². The average Bonchev–Trinajstić information content (AvgIpc) is 2.59. The first-order valence-corrected chi connectivity index (χ1v) is 8.44. The van der Waals surface area contributed by atoms with E-state index in [0.717, 1.165) is 25.0 Å². The van der Waals surface area contributed by atoms with E-state index in [1.54, 1.807) is 29.2 Å². The van der Waals surface area contributed by atoms with Crippen molar-refractivity contribution in [3.63, 3.8) is 0 Å². The Morgan fingerprint density at radius 3 is 2.33 bits per heavy atom. The van der Waals surface area contributed by atoms with Crippen molar-refractivity contribution >= 4 is 11.9 Å². The fraction of sp³-hybridized carbons (Fsp3) is 0.556. The summed E-state index contributed by atoms with van der Waals surface area (Å²) >= 11 is 0. The quantitative estimate of drug-likeness (QED) is 0.747. The average molecular weight is 335 g/mol. The number of rotatable bonds is 7. The number of benzene rings is 1. The zero-order valence-corrected chi connectivity index (χ0v) is 14.0. The minimum Gasteiger partial charge on any atom is -0.494 e. The largest absolute Gasteiger partial charge is 0.494 e. The van der Waals surface area contributed by atoms with Gasteiger partial charge in [0.05, 0.1) is 6.61 Å². The van der Waals surface area contributed by atoms with Crippen molar-refractivity contribution in [1.82, 2.24) is 4.90 Å². The van der Waals surface area contributed by atoms with Crippen molar-refractivity contribution in [3.05, 3.63) is 29.8 Å². The number of likely N-dealkylation sites (tertiary alicyclic amines) is 1. The molecule has 1 aliphatic heterocycles. The van der Waals surface area contributed by atoms with Crippen LogP contribution in [-0.4, -0.2) is 52.3 Å². The van der Waals surface area contributed by atoms with Crippen LogP contribution in [0.25, 0.3) is 0 Å². The van der Waals surface area contributed by atoms with Crippen molar-refractivity contribution in [2.75, 3.05) is 19.7 Å². The maximum atomic E-state index is 12.4. The lowest BCUT2D eigenvalue weighted by Crippen LogP contribution is -2.50. The predicted molar refractivity (Wildman–Crippen MR) is 89.2 cm³/mol. The molecule has 1 aliphatic rings. The smallest absolute Gasteiger partial charge is 0.335 e. The van der Waals surface area contributed by atoms with Crippen LogP contribution in [0.1, 0.15) is 49.4 Å². The number of carbonyl (C=O) groups excluding carboxylic acids is 1. The molecule has 1 aromatic rings. The highest BCUT2D eigenvalue weighted by Gasteiger charge is 2.40. The van der Waals surface area contributed by atoms with Crippen LogP contribution < -0.4 is 4.74 Å². The number of carboxylic acid groups (broad SMARTS) is 1. The van der Waals surface area contributed by atoms with Gasteiger partial charge in [-0.3, -0.25) is 4.79 Å². The molecule has 0 bridgehead atoms. The number of hydrogen-bond donors (Lipinski definition) is 2. The molecule has 0 aliphatic carbocycles. The first-order chi connectivity index (χ1) is 11.5. The van der Waals surface area contributed by atoms with E-state index in [9.17, 15) is 14.7 Å². The molecule has 0 unspecified atom stereocenters. The number of nitrogens with zero attached hydrogens (tertiary/aromatic N) is 1. The fourth-order valence-electron chi connectivity index (χ4n) is 2.71. The van der Waals surface area contributed by atoms with Gasteiger partial charge in [-0.2, -0.15) is 0 Å². The number of piperidine rings is 1. The molecule has 0 saturated carbocycles. The molecule has 0 atom stereocenters. The fourth-order valence-corrected chi connectivity index (χ4v) is 2.71. The van der Waals surface area contributed by atoms with Gasteiger partial charge in [-0.15, -0.1) is 0 Å². The molecule has 2 N–H and O–H groups in total. The molecule has 132 valence electrons. The maximum absolute atomic E-state index is 12.4. The number of aliphatic carboxylic acids is 1. The summed E-state index contributed by atoms with van der Waals surface area (Å²) in [5.74, 6) is -0.638. The molecule has 2 rings (SSSR count). The van der Waals surface area contributed by atoms with E-state index < -0.39 is 11.6 Å². The summed E-state index contributed by atoms with van der Waals surface area (Å²) < 4.78 is 5.62. The Balaban J connectivity index is 1.88. The zero-order chi connectivity index (χ0) is 17.6. The molecule has 1 heterocycles. The normalized spacial score (nSPS) is 16.7. The van der Waals surface area contributed by atoms with Crippen molar-refractivity contribution in [2.24, 2.45) is 0 Å². The molecule has 6 heteroatoms. The van der Waals surface area contributed by atoms with E-state index in [0.29, 0.717) is 12.2 Å². The first kappa shape index (κ1) is 18.3. The van der Waals surface area contributed by atoms with Gasteiger partial charge in [-0.25, -0.2) is 4.79 Å². The van der Waals surface area contributed by atoms with Gasteiger partial charge in [0.1, 0.15) is 5.75 Å². The van der Waals surface area contributed by atoms with E-state index in [-0.39, 0.29) is 31.8 Å². The highest BCUT2D eigenvalue weighted by atomic mass is 16.5. The summed E-state index contributed by atoms with van der Waals surface area (Å²) in [6, 6.07) is 6.98. The van der Waals surface area contributed by atoms with Gasteiger partial charge in [0.2, 0.25) is 0 Å². The topological polar surface area (TPSA) is 87.1 Å². The standard InChI is InChI=1S/C18H25NO5/c1-2-3-4-13-24-15-7-5-14(6-8-15)16(20)19-11-9-18(23,10-12-19)17(21)22/h5-8,23H,2-4,9-13H2,1H3,(H,21,22). The Labute approximate surface area is 142 Å². The van der Waals surface area contributed by atoms with Crippen molar-refractivity contribution in [1.29, 1.82) is 0 Å². The van der Waals surface area contributed by atoms with E-state index in [4.69, 9.17) is 9.84 Å². The van der Waals surface area contributed by atoms with Gasteiger partial charge in [-0.05, 0) is 30.7 Å². The lowest BCUT2D eigenvalue weighted by atomic mass is 9.91. The van der Waals surface area contributed by atoms with Crippen LogP contribution >= 0.6 is 0 Å². The van der Waals surface area contributed by atoms with E-state index in [1.165, 1.54) is 0 Å². The minimum atomic E-state index is -1.72. The lowest BCUT2D eigenvalue weighted by molar-refractivity contribution is -0.162. The van der Waals surface area contributed by atoms with Gasteiger partial charge in [-0.1, -0.05) is 19.8 Å². The summed E-state index contributed by atoms with van der Waals surface area (Å²) in [6.45, 7) is 3.27. The monoisotopic (exact) mass is 335 g/mol.